The smallest absolute Gasteiger partial charge is 0.270 e. The van der Waals surface area contributed by atoms with Gasteiger partial charge in [-0.1, -0.05) is 18.2 Å². The Morgan fingerprint density at radius 1 is 0.969 bits per heavy atom. The van der Waals surface area contributed by atoms with E-state index in [0.717, 1.165) is 12.1 Å². The van der Waals surface area contributed by atoms with Gasteiger partial charge in [0.25, 0.3) is 5.91 Å². The van der Waals surface area contributed by atoms with Crippen molar-refractivity contribution < 1.29 is 22.8 Å². The van der Waals surface area contributed by atoms with E-state index >= 15 is 0 Å². The second kappa shape index (κ2) is 10.4. The van der Waals surface area contributed by atoms with E-state index in [-0.39, 0.29) is 49.3 Å². The summed E-state index contributed by atoms with van der Waals surface area (Å²) in [6.07, 6.45) is 0.312. The standard InChI is InChI=1S/C23H25F3N4O2/c1-28(2)11-12-29(14-17-5-8-19(25)20(26)13-17)23(32)21-9-10-22(31)30(27-21)15-16-3-6-18(24)7-4-16/h3-8,13H,9-12,14-15H2,1-2H3. The van der Waals surface area contributed by atoms with Crippen molar-refractivity contribution in [2.75, 3.05) is 27.2 Å². The molecule has 0 radical (unpaired) electrons. The number of rotatable bonds is 8. The van der Waals surface area contributed by atoms with Gasteiger partial charge in [0, 0.05) is 32.5 Å². The topological polar surface area (TPSA) is 56.2 Å². The Morgan fingerprint density at radius 2 is 1.66 bits per heavy atom. The number of carbonyl (C=O) groups excluding carboxylic acids is 2. The van der Waals surface area contributed by atoms with Crippen LogP contribution in [-0.4, -0.2) is 59.5 Å². The zero-order chi connectivity index (χ0) is 23.3. The molecule has 32 heavy (non-hydrogen) atoms. The van der Waals surface area contributed by atoms with Crippen molar-refractivity contribution in [3.05, 3.63) is 71.0 Å². The normalized spacial score (nSPS) is 14.0. The average molecular weight is 446 g/mol. The first kappa shape index (κ1) is 23.5. The Kier molecular flexibility index (Phi) is 7.63. The van der Waals surface area contributed by atoms with Crippen molar-refractivity contribution in [3.63, 3.8) is 0 Å². The van der Waals surface area contributed by atoms with Crippen molar-refractivity contribution in [3.8, 4) is 0 Å². The molecule has 0 fully saturated rings. The number of hydrogen-bond donors (Lipinski definition) is 0. The Hall–Kier alpha value is -3.20. The number of nitrogens with zero attached hydrogens (tertiary/aromatic N) is 4. The van der Waals surface area contributed by atoms with E-state index in [4.69, 9.17) is 0 Å². The molecule has 0 saturated heterocycles. The molecule has 1 aliphatic heterocycles. The van der Waals surface area contributed by atoms with Gasteiger partial charge < -0.3 is 9.80 Å². The summed E-state index contributed by atoms with van der Waals surface area (Å²) in [5.74, 6) is -2.91. The second-order valence-electron chi connectivity index (χ2n) is 7.90. The summed E-state index contributed by atoms with van der Waals surface area (Å²) >= 11 is 0. The highest BCUT2D eigenvalue weighted by molar-refractivity contribution is 6.39. The molecule has 1 heterocycles. The maximum absolute atomic E-state index is 13.6. The Bertz CT molecular complexity index is 1010. The van der Waals surface area contributed by atoms with E-state index in [2.05, 4.69) is 5.10 Å². The van der Waals surface area contributed by atoms with Crippen LogP contribution < -0.4 is 0 Å². The third-order valence-corrected chi connectivity index (χ3v) is 5.06. The summed E-state index contributed by atoms with van der Waals surface area (Å²) in [5, 5.41) is 5.48. The highest BCUT2D eigenvalue weighted by atomic mass is 19.2. The third kappa shape index (κ3) is 6.16. The minimum atomic E-state index is -0.978. The molecule has 2 aromatic carbocycles. The minimum absolute atomic E-state index is 0.0782. The lowest BCUT2D eigenvalue weighted by Gasteiger charge is -2.28. The molecule has 1 aliphatic rings. The third-order valence-electron chi connectivity index (χ3n) is 5.06. The van der Waals surface area contributed by atoms with Crippen molar-refractivity contribution in [1.82, 2.24) is 14.8 Å². The van der Waals surface area contributed by atoms with Crippen LogP contribution in [0.4, 0.5) is 13.2 Å². The predicted molar refractivity (Wildman–Crippen MR) is 114 cm³/mol. The van der Waals surface area contributed by atoms with E-state index in [1.165, 1.54) is 28.1 Å². The number of hydrogen-bond acceptors (Lipinski definition) is 4. The first-order chi connectivity index (χ1) is 15.2. The fourth-order valence-electron chi connectivity index (χ4n) is 3.26. The lowest BCUT2D eigenvalue weighted by molar-refractivity contribution is -0.132. The van der Waals surface area contributed by atoms with E-state index in [9.17, 15) is 22.8 Å². The number of amides is 2. The molecule has 2 aromatic rings. The minimum Gasteiger partial charge on any atom is -0.332 e. The molecule has 0 atom stereocenters. The van der Waals surface area contributed by atoms with Crippen LogP contribution in [0.1, 0.15) is 24.0 Å². The molecular weight excluding hydrogens is 421 g/mol. The molecule has 170 valence electrons. The monoisotopic (exact) mass is 446 g/mol. The van der Waals surface area contributed by atoms with Gasteiger partial charge in [-0.05, 0) is 49.5 Å². The van der Waals surface area contributed by atoms with Gasteiger partial charge in [0.1, 0.15) is 11.5 Å². The van der Waals surface area contributed by atoms with Gasteiger partial charge >= 0.3 is 0 Å². The second-order valence-corrected chi connectivity index (χ2v) is 7.90. The van der Waals surface area contributed by atoms with Crippen LogP contribution in [0, 0.1) is 17.5 Å². The van der Waals surface area contributed by atoms with Gasteiger partial charge in [0.05, 0.1) is 6.54 Å². The van der Waals surface area contributed by atoms with Gasteiger partial charge in [-0.15, -0.1) is 0 Å². The van der Waals surface area contributed by atoms with Crippen LogP contribution in [0.2, 0.25) is 0 Å². The van der Waals surface area contributed by atoms with Crippen LogP contribution in [0.15, 0.2) is 47.6 Å². The van der Waals surface area contributed by atoms with Gasteiger partial charge in [-0.25, -0.2) is 18.2 Å². The van der Waals surface area contributed by atoms with Gasteiger partial charge in [-0.3, -0.25) is 9.59 Å². The Morgan fingerprint density at radius 3 is 2.31 bits per heavy atom. The van der Waals surface area contributed by atoms with Crippen molar-refractivity contribution >= 4 is 17.5 Å². The summed E-state index contributed by atoms with van der Waals surface area (Å²) in [7, 11) is 3.73. The first-order valence-electron chi connectivity index (χ1n) is 10.2. The van der Waals surface area contributed by atoms with Crippen molar-refractivity contribution in [1.29, 1.82) is 0 Å². The lowest BCUT2D eigenvalue weighted by atomic mass is 10.1. The predicted octanol–water partition coefficient (Wildman–Crippen LogP) is 3.17. The molecule has 0 saturated carbocycles. The highest BCUT2D eigenvalue weighted by Crippen LogP contribution is 2.17. The van der Waals surface area contributed by atoms with E-state index in [1.807, 2.05) is 19.0 Å². The van der Waals surface area contributed by atoms with Crippen molar-refractivity contribution in [2.24, 2.45) is 5.10 Å². The molecule has 0 spiro atoms. The fourth-order valence-corrected chi connectivity index (χ4v) is 3.26. The number of carbonyl (C=O) groups is 2. The molecule has 0 aliphatic carbocycles. The Balaban J connectivity index is 1.80. The number of halogens is 3. The summed E-state index contributed by atoms with van der Waals surface area (Å²) < 4.78 is 40.1. The zero-order valence-electron chi connectivity index (χ0n) is 18.0. The quantitative estimate of drug-likeness (QED) is 0.626. The molecule has 0 bridgehead atoms. The summed E-state index contributed by atoms with van der Waals surface area (Å²) in [5.41, 5.74) is 1.35. The summed E-state index contributed by atoms with van der Waals surface area (Å²) in [6, 6.07) is 9.23. The summed E-state index contributed by atoms with van der Waals surface area (Å²) in [6.45, 7) is 1.10. The molecule has 0 aromatic heterocycles. The number of benzene rings is 2. The number of likely N-dealkylation sites (N-methyl/N-ethyl adjacent to an activating group) is 1. The average Bonchev–Trinajstić information content (AvgIpc) is 2.76. The Labute approximate surface area is 184 Å². The number of hydrazone groups is 1. The largest absolute Gasteiger partial charge is 0.332 e. The zero-order valence-corrected chi connectivity index (χ0v) is 18.0. The van der Waals surface area contributed by atoms with Crippen LogP contribution >= 0.6 is 0 Å². The van der Waals surface area contributed by atoms with Crippen LogP contribution in [0.25, 0.3) is 0 Å². The maximum atomic E-state index is 13.6. The van der Waals surface area contributed by atoms with Crippen LogP contribution in [0.3, 0.4) is 0 Å². The van der Waals surface area contributed by atoms with E-state index < -0.39 is 11.6 Å². The maximum Gasteiger partial charge on any atom is 0.270 e. The molecule has 6 nitrogen and oxygen atoms in total. The SMILES string of the molecule is CN(C)CCN(Cc1ccc(F)c(F)c1)C(=O)C1=NN(Cc2ccc(F)cc2)C(=O)CC1. The van der Waals surface area contributed by atoms with Crippen molar-refractivity contribution in [2.45, 2.75) is 25.9 Å². The van der Waals surface area contributed by atoms with Gasteiger partial charge in [0.2, 0.25) is 5.91 Å². The van der Waals surface area contributed by atoms with Gasteiger partial charge in [0.15, 0.2) is 11.6 Å². The summed E-state index contributed by atoms with van der Waals surface area (Å²) in [4.78, 5) is 29.0. The molecule has 0 unspecified atom stereocenters. The van der Waals surface area contributed by atoms with Gasteiger partial charge in [-0.2, -0.15) is 5.10 Å². The molecule has 9 heteroatoms. The fraction of sp³-hybridized carbons (Fsp3) is 0.348. The molecule has 2 amide bonds. The molecular formula is C23H25F3N4O2. The molecule has 0 N–H and O–H groups in total. The highest BCUT2D eigenvalue weighted by Gasteiger charge is 2.28. The van der Waals surface area contributed by atoms with Crippen LogP contribution in [0.5, 0.6) is 0 Å². The molecule has 3 rings (SSSR count). The first-order valence-corrected chi connectivity index (χ1v) is 10.2. The lowest BCUT2D eigenvalue weighted by Crippen LogP contribution is -2.43. The van der Waals surface area contributed by atoms with E-state index in [0.29, 0.717) is 24.2 Å². The van der Waals surface area contributed by atoms with Crippen LogP contribution in [-0.2, 0) is 22.7 Å². The van der Waals surface area contributed by atoms with E-state index in [1.54, 1.807) is 12.1 Å².